The molecule has 2 unspecified atom stereocenters. The van der Waals surface area contributed by atoms with Gasteiger partial charge in [0, 0.05) is 5.69 Å². The van der Waals surface area contributed by atoms with E-state index in [1.807, 2.05) is 0 Å². The SMILES string of the molecule is O=C(CN1N=NC2C(=O)N(c3ccc(F)cc3)C(=O)C21)Nc1ccc(F)c(Cl)c1. The van der Waals surface area contributed by atoms with Crippen LogP contribution in [0.15, 0.2) is 52.8 Å². The number of hydrogen-bond donors (Lipinski definition) is 1. The van der Waals surface area contributed by atoms with Gasteiger partial charge in [0.2, 0.25) is 5.91 Å². The zero-order valence-corrected chi connectivity index (χ0v) is 15.3. The van der Waals surface area contributed by atoms with Gasteiger partial charge in [-0.15, -0.1) is 0 Å². The molecule has 2 aromatic carbocycles. The summed E-state index contributed by atoms with van der Waals surface area (Å²) in [6.07, 6.45) is 0. The maximum Gasteiger partial charge on any atom is 0.263 e. The molecular formula is C18H12ClF2N5O3. The van der Waals surface area contributed by atoms with Crippen LogP contribution >= 0.6 is 11.6 Å². The number of nitrogens with zero attached hydrogens (tertiary/aromatic N) is 4. The quantitative estimate of drug-likeness (QED) is 0.770. The lowest BCUT2D eigenvalue weighted by atomic mass is 10.1. The molecule has 8 nitrogen and oxygen atoms in total. The van der Waals surface area contributed by atoms with Crippen LogP contribution in [-0.2, 0) is 14.4 Å². The third-order valence-corrected chi connectivity index (χ3v) is 4.74. The summed E-state index contributed by atoms with van der Waals surface area (Å²) >= 11 is 5.68. The Bertz CT molecular complexity index is 1050. The Morgan fingerprint density at radius 1 is 1.10 bits per heavy atom. The van der Waals surface area contributed by atoms with E-state index in [2.05, 4.69) is 15.7 Å². The van der Waals surface area contributed by atoms with Crippen molar-refractivity contribution >= 4 is 40.7 Å². The lowest BCUT2D eigenvalue weighted by Gasteiger charge is -2.20. The monoisotopic (exact) mass is 419 g/mol. The van der Waals surface area contributed by atoms with E-state index < -0.39 is 41.4 Å². The number of anilines is 2. The number of imide groups is 1. The van der Waals surface area contributed by atoms with Crippen LogP contribution in [0.5, 0.6) is 0 Å². The van der Waals surface area contributed by atoms with Crippen LogP contribution < -0.4 is 10.2 Å². The van der Waals surface area contributed by atoms with E-state index in [1.165, 1.54) is 24.3 Å². The van der Waals surface area contributed by atoms with Gasteiger partial charge < -0.3 is 5.32 Å². The van der Waals surface area contributed by atoms with Gasteiger partial charge >= 0.3 is 0 Å². The number of nitrogens with one attached hydrogen (secondary N) is 1. The summed E-state index contributed by atoms with van der Waals surface area (Å²) in [5, 5.41) is 11.0. The highest BCUT2D eigenvalue weighted by Gasteiger charge is 2.55. The van der Waals surface area contributed by atoms with Gasteiger partial charge in [-0.2, -0.15) is 5.11 Å². The van der Waals surface area contributed by atoms with Gasteiger partial charge in [-0.1, -0.05) is 16.8 Å². The maximum absolute atomic E-state index is 13.2. The molecule has 1 saturated heterocycles. The van der Waals surface area contributed by atoms with Crippen molar-refractivity contribution in [2.75, 3.05) is 16.8 Å². The minimum absolute atomic E-state index is 0.157. The molecule has 2 atom stereocenters. The third kappa shape index (κ3) is 3.42. The molecule has 0 radical (unpaired) electrons. The first-order chi connectivity index (χ1) is 13.8. The molecule has 0 aromatic heterocycles. The maximum atomic E-state index is 13.2. The molecule has 2 aliphatic rings. The van der Waals surface area contributed by atoms with E-state index >= 15 is 0 Å². The number of rotatable bonds is 4. The molecule has 148 valence electrons. The zero-order chi connectivity index (χ0) is 20.7. The topological polar surface area (TPSA) is 94.4 Å². The predicted octanol–water partition coefficient (Wildman–Crippen LogP) is 2.55. The number of carbonyl (C=O) groups excluding carboxylic acids is 3. The highest BCUT2D eigenvalue weighted by atomic mass is 35.5. The highest BCUT2D eigenvalue weighted by molar-refractivity contribution is 6.31. The minimum atomic E-state index is -1.08. The standard InChI is InChI=1S/C18H12ClF2N5O3/c19-12-7-10(3-6-13(12)21)22-14(27)8-25-16-15(23-24-25)17(28)26(18(16)29)11-4-1-9(20)2-5-11/h1-7,15-16H,8H2,(H,22,27). The number of hydrogen-bond acceptors (Lipinski definition) is 6. The molecule has 3 amide bonds. The fraction of sp³-hybridized carbons (Fsp3) is 0.167. The fourth-order valence-corrected chi connectivity index (χ4v) is 3.30. The number of fused-ring (bicyclic) bond motifs is 1. The minimum Gasteiger partial charge on any atom is -0.324 e. The first-order valence-electron chi connectivity index (χ1n) is 8.41. The smallest absolute Gasteiger partial charge is 0.263 e. The summed E-state index contributed by atoms with van der Waals surface area (Å²) in [5.74, 6) is -2.92. The van der Waals surface area contributed by atoms with Crippen molar-refractivity contribution in [3.05, 3.63) is 59.1 Å². The van der Waals surface area contributed by atoms with Gasteiger partial charge in [0.05, 0.1) is 10.7 Å². The first kappa shape index (κ1) is 18.9. The fourth-order valence-electron chi connectivity index (χ4n) is 3.12. The second kappa shape index (κ2) is 7.21. The second-order valence-corrected chi connectivity index (χ2v) is 6.76. The molecule has 1 N–H and O–H groups in total. The summed E-state index contributed by atoms with van der Waals surface area (Å²) in [5.41, 5.74) is 0.465. The van der Waals surface area contributed by atoms with E-state index in [0.29, 0.717) is 0 Å². The molecule has 0 spiro atoms. The Hall–Kier alpha value is -3.40. The summed E-state index contributed by atoms with van der Waals surface area (Å²) in [4.78, 5) is 38.5. The van der Waals surface area contributed by atoms with Crippen molar-refractivity contribution in [2.24, 2.45) is 10.3 Å². The Balaban J connectivity index is 1.48. The van der Waals surface area contributed by atoms with Gasteiger partial charge in [-0.25, -0.2) is 13.7 Å². The van der Waals surface area contributed by atoms with Crippen molar-refractivity contribution in [3.63, 3.8) is 0 Å². The van der Waals surface area contributed by atoms with Crippen molar-refractivity contribution in [1.29, 1.82) is 0 Å². The van der Waals surface area contributed by atoms with Crippen LogP contribution in [0.25, 0.3) is 0 Å². The molecule has 1 fully saturated rings. The lowest BCUT2D eigenvalue weighted by molar-refractivity contribution is -0.123. The molecule has 2 heterocycles. The molecule has 4 rings (SSSR count). The Labute approximate surface area is 167 Å². The van der Waals surface area contributed by atoms with Gasteiger partial charge in [-0.05, 0) is 42.5 Å². The van der Waals surface area contributed by atoms with E-state index in [4.69, 9.17) is 11.6 Å². The molecule has 0 bridgehead atoms. The molecule has 2 aromatic rings. The molecule has 29 heavy (non-hydrogen) atoms. The normalized spacial score (nSPS) is 20.4. The number of benzene rings is 2. The summed E-state index contributed by atoms with van der Waals surface area (Å²) in [6.45, 7) is -0.365. The van der Waals surface area contributed by atoms with Crippen LogP contribution in [-0.4, -0.2) is 41.4 Å². The van der Waals surface area contributed by atoms with E-state index in [9.17, 15) is 23.2 Å². The summed E-state index contributed by atoms with van der Waals surface area (Å²) in [7, 11) is 0. The van der Waals surface area contributed by atoms with E-state index in [-0.39, 0.29) is 22.9 Å². The van der Waals surface area contributed by atoms with Crippen molar-refractivity contribution in [1.82, 2.24) is 5.01 Å². The summed E-state index contributed by atoms with van der Waals surface area (Å²) in [6, 6.07) is 6.38. The largest absolute Gasteiger partial charge is 0.324 e. The molecular weight excluding hydrogens is 408 g/mol. The number of carbonyl (C=O) groups is 3. The van der Waals surface area contributed by atoms with Crippen LogP contribution in [0, 0.1) is 11.6 Å². The van der Waals surface area contributed by atoms with E-state index in [0.717, 1.165) is 28.1 Å². The number of halogens is 3. The zero-order valence-electron chi connectivity index (χ0n) is 14.6. The van der Waals surface area contributed by atoms with Crippen LogP contribution in [0.1, 0.15) is 0 Å². The molecule has 2 aliphatic heterocycles. The number of amides is 3. The lowest BCUT2D eigenvalue weighted by Crippen LogP contribution is -2.43. The summed E-state index contributed by atoms with van der Waals surface area (Å²) < 4.78 is 26.3. The highest BCUT2D eigenvalue weighted by Crippen LogP contribution is 2.31. The van der Waals surface area contributed by atoms with Crippen molar-refractivity contribution in [3.8, 4) is 0 Å². The van der Waals surface area contributed by atoms with Gasteiger partial charge in [0.25, 0.3) is 11.8 Å². The van der Waals surface area contributed by atoms with Crippen LogP contribution in [0.3, 0.4) is 0 Å². The molecule has 0 saturated carbocycles. The van der Waals surface area contributed by atoms with Gasteiger partial charge in [0.15, 0.2) is 12.1 Å². The van der Waals surface area contributed by atoms with Gasteiger partial charge in [0.1, 0.15) is 18.2 Å². The Kier molecular flexibility index (Phi) is 4.71. The van der Waals surface area contributed by atoms with Crippen molar-refractivity contribution in [2.45, 2.75) is 12.1 Å². The average Bonchev–Trinajstić information content (AvgIpc) is 3.19. The molecule has 0 aliphatic carbocycles. The molecule has 11 heteroatoms. The van der Waals surface area contributed by atoms with E-state index in [1.54, 1.807) is 0 Å². The second-order valence-electron chi connectivity index (χ2n) is 6.36. The average molecular weight is 420 g/mol. The Morgan fingerprint density at radius 3 is 2.52 bits per heavy atom. The first-order valence-corrected chi connectivity index (χ1v) is 8.78. The van der Waals surface area contributed by atoms with Crippen LogP contribution in [0.2, 0.25) is 5.02 Å². The van der Waals surface area contributed by atoms with Crippen molar-refractivity contribution < 1.29 is 23.2 Å². The predicted molar refractivity (Wildman–Crippen MR) is 98.1 cm³/mol. The third-order valence-electron chi connectivity index (χ3n) is 4.45. The Morgan fingerprint density at radius 2 is 1.83 bits per heavy atom. The van der Waals surface area contributed by atoms with Gasteiger partial charge in [-0.3, -0.25) is 19.4 Å². The van der Waals surface area contributed by atoms with Crippen LogP contribution in [0.4, 0.5) is 20.2 Å².